The van der Waals surface area contributed by atoms with Gasteiger partial charge in [-0.2, -0.15) is 0 Å². The highest BCUT2D eigenvalue weighted by Gasteiger charge is 2.01. The second-order valence-corrected chi connectivity index (χ2v) is 3.96. The fraction of sp³-hybridized carbons (Fsp3) is 0.545. The SMILES string of the molecule is Cc1cc(N)cnc1CCC(C)C. The molecule has 0 aliphatic carbocycles. The first kappa shape index (κ1) is 10.0. The van der Waals surface area contributed by atoms with Gasteiger partial charge >= 0.3 is 0 Å². The van der Waals surface area contributed by atoms with Gasteiger partial charge in [0.05, 0.1) is 11.9 Å². The van der Waals surface area contributed by atoms with Crippen LogP contribution in [0.2, 0.25) is 0 Å². The van der Waals surface area contributed by atoms with Gasteiger partial charge in [0.15, 0.2) is 0 Å². The van der Waals surface area contributed by atoms with Gasteiger partial charge in [0.25, 0.3) is 0 Å². The zero-order chi connectivity index (χ0) is 9.84. The van der Waals surface area contributed by atoms with Gasteiger partial charge in [0.2, 0.25) is 0 Å². The van der Waals surface area contributed by atoms with Crippen molar-refractivity contribution >= 4 is 5.69 Å². The average Bonchev–Trinajstić information content (AvgIpc) is 2.02. The second kappa shape index (κ2) is 4.26. The van der Waals surface area contributed by atoms with E-state index in [0.717, 1.165) is 18.0 Å². The molecule has 72 valence electrons. The van der Waals surface area contributed by atoms with E-state index in [-0.39, 0.29) is 0 Å². The van der Waals surface area contributed by atoms with Gasteiger partial charge in [-0.1, -0.05) is 13.8 Å². The molecule has 1 aromatic rings. The molecule has 0 amide bonds. The maximum atomic E-state index is 5.62. The molecule has 1 aromatic heterocycles. The number of rotatable bonds is 3. The highest BCUT2D eigenvalue weighted by molar-refractivity contribution is 5.39. The Labute approximate surface area is 80.2 Å². The Balaban J connectivity index is 2.67. The quantitative estimate of drug-likeness (QED) is 0.772. The lowest BCUT2D eigenvalue weighted by Gasteiger charge is -2.07. The summed E-state index contributed by atoms with van der Waals surface area (Å²) in [6.07, 6.45) is 3.99. The fourth-order valence-electron chi connectivity index (χ4n) is 1.31. The molecule has 0 atom stereocenters. The minimum Gasteiger partial charge on any atom is -0.397 e. The number of aryl methyl sites for hydroxylation is 2. The zero-order valence-electron chi connectivity index (χ0n) is 8.67. The molecule has 0 fully saturated rings. The Morgan fingerprint density at radius 2 is 2.15 bits per heavy atom. The topological polar surface area (TPSA) is 38.9 Å². The van der Waals surface area contributed by atoms with Crippen molar-refractivity contribution in [1.82, 2.24) is 4.98 Å². The molecular weight excluding hydrogens is 160 g/mol. The van der Waals surface area contributed by atoms with Crippen LogP contribution in [0.5, 0.6) is 0 Å². The summed E-state index contributed by atoms with van der Waals surface area (Å²) < 4.78 is 0. The van der Waals surface area contributed by atoms with Crippen molar-refractivity contribution in [3.8, 4) is 0 Å². The van der Waals surface area contributed by atoms with E-state index in [9.17, 15) is 0 Å². The predicted molar refractivity (Wildman–Crippen MR) is 56.5 cm³/mol. The summed E-state index contributed by atoms with van der Waals surface area (Å²) in [5.74, 6) is 0.735. The van der Waals surface area contributed by atoms with Gasteiger partial charge in [-0.05, 0) is 37.3 Å². The maximum absolute atomic E-state index is 5.62. The van der Waals surface area contributed by atoms with E-state index >= 15 is 0 Å². The molecule has 0 aromatic carbocycles. The second-order valence-electron chi connectivity index (χ2n) is 3.96. The number of nitrogens with zero attached hydrogens (tertiary/aromatic N) is 1. The standard InChI is InChI=1S/C11H18N2/c1-8(2)4-5-11-9(3)6-10(12)7-13-11/h6-8H,4-5,12H2,1-3H3. The number of hydrogen-bond acceptors (Lipinski definition) is 2. The van der Waals surface area contributed by atoms with Gasteiger partial charge in [-0.3, -0.25) is 4.98 Å². The van der Waals surface area contributed by atoms with Crippen LogP contribution in [0.3, 0.4) is 0 Å². The number of pyridine rings is 1. The van der Waals surface area contributed by atoms with Crippen molar-refractivity contribution in [2.45, 2.75) is 33.6 Å². The molecule has 0 unspecified atom stereocenters. The minimum atomic E-state index is 0.735. The lowest BCUT2D eigenvalue weighted by atomic mass is 10.0. The molecule has 0 aliphatic heterocycles. The van der Waals surface area contributed by atoms with Crippen LogP contribution in [-0.4, -0.2) is 4.98 Å². The first-order chi connectivity index (χ1) is 6.09. The average molecular weight is 178 g/mol. The van der Waals surface area contributed by atoms with E-state index in [1.807, 2.05) is 6.07 Å². The Hall–Kier alpha value is -1.05. The summed E-state index contributed by atoms with van der Waals surface area (Å²) in [7, 11) is 0. The largest absolute Gasteiger partial charge is 0.397 e. The van der Waals surface area contributed by atoms with Gasteiger partial charge in [-0.15, -0.1) is 0 Å². The summed E-state index contributed by atoms with van der Waals surface area (Å²) in [6.45, 7) is 6.53. The van der Waals surface area contributed by atoms with Gasteiger partial charge in [0, 0.05) is 5.69 Å². The number of aromatic nitrogens is 1. The molecule has 0 radical (unpaired) electrons. The fourth-order valence-corrected chi connectivity index (χ4v) is 1.31. The first-order valence-electron chi connectivity index (χ1n) is 4.80. The smallest absolute Gasteiger partial charge is 0.0503 e. The normalized spacial score (nSPS) is 10.8. The third kappa shape index (κ3) is 3.05. The van der Waals surface area contributed by atoms with Crippen LogP contribution in [0.25, 0.3) is 0 Å². The minimum absolute atomic E-state index is 0.735. The molecule has 2 N–H and O–H groups in total. The summed E-state index contributed by atoms with van der Waals surface area (Å²) in [4.78, 5) is 4.32. The third-order valence-corrected chi connectivity index (χ3v) is 2.17. The Morgan fingerprint density at radius 3 is 2.69 bits per heavy atom. The van der Waals surface area contributed by atoms with Crippen molar-refractivity contribution in [3.05, 3.63) is 23.5 Å². The van der Waals surface area contributed by atoms with Crippen molar-refractivity contribution in [2.24, 2.45) is 5.92 Å². The molecule has 2 heteroatoms. The highest BCUT2D eigenvalue weighted by Crippen LogP contribution is 2.13. The van der Waals surface area contributed by atoms with Crippen molar-refractivity contribution in [3.63, 3.8) is 0 Å². The molecule has 0 saturated heterocycles. The zero-order valence-corrected chi connectivity index (χ0v) is 8.67. The van der Waals surface area contributed by atoms with E-state index in [1.165, 1.54) is 17.7 Å². The summed E-state index contributed by atoms with van der Waals surface area (Å²) in [5, 5.41) is 0. The first-order valence-corrected chi connectivity index (χ1v) is 4.80. The maximum Gasteiger partial charge on any atom is 0.0503 e. The number of nitrogen functional groups attached to an aromatic ring is 1. The molecule has 13 heavy (non-hydrogen) atoms. The van der Waals surface area contributed by atoms with Crippen LogP contribution in [0.1, 0.15) is 31.5 Å². The summed E-state index contributed by atoms with van der Waals surface area (Å²) >= 11 is 0. The molecule has 0 aliphatic rings. The number of anilines is 1. The van der Waals surface area contributed by atoms with Gasteiger partial charge in [-0.25, -0.2) is 0 Å². The highest BCUT2D eigenvalue weighted by atomic mass is 14.7. The van der Waals surface area contributed by atoms with Crippen LogP contribution in [0.15, 0.2) is 12.3 Å². The van der Waals surface area contributed by atoms with Crippen molar-refractivity contribution in [2.75, 3.05) is 5.73 Å². The van der Waals surface area contributed by atoms with Crippen molar-refractivity contribution < 1.29 is 0 Å². The number of hydrogen-bond donors (Lipinski definition) is 1. The van der Waals surface area contributed by atoms with E-state index in [1.54, 1.807) is 6.20 Å². The number of nitrogens with two attached hydrogens (primary N) is 1. The Kier molecular flexibility index (Phi) is 3.29. The lowest BCUT2D eigenvalue weighted by Crippen LogP contribution is -1.99. The molecule has 1 rings (SSSR count). The molecular formula is C11H18N2. The molecule has 0 spiro atoms. The van der Waals surface area contributed by atoms with Crippen LogP contribution < -0.4 is 5.73 Å². The van der Waals surface area contributed by atoms with Gasteiger partial charge < -0.3 is 5.73 Å². The Morgan fingerprint density at radius 1 is 1.46 bits per heavy atom. The molecule has 0 saturated carbocycles. The van der Waals surface area contributed by atoms with Gasteiger partial charge in [0.1, 0.15) is 0 Å². The van der Waals surface area contributed by atoms with Crippen LogP contribution in [0, 0.1) is 12.8 Å². The molecule has 1 heterocycles. The van der Waals surface area contributed by atoms with E-state index in [4.69, 9.17) is 5.73 Å². The predicted octanol–water partition coefficient (Wildman–Crippen LogP) is 2.56. The molecule has 0 bridgehead atoms. The monoisotopic (exact) mass is 178 g/mol. The lowest BCUT2D eigenvalue weighted by molar-refractivity contribution is 0.580. The van der Waals surface area contributed by atoms with E-state index in [0.29, 0.717) is 0 Å². The Bertz CT molecular complexity index is 279. The molecule has 2 nitrogen and oxygen atoms in total. The summed E-state index contributed by atoms with van der Waals surface area (Å²) in [5.41, 5.74) is 8.77. The van der Waals surface area contributed by atoms with Crippen LogP contribution >= 0.6 is 0 Å². The summed E-state index contributed by atoms with van der Waals surface area (Å²) in [6, 6.07) is 1.99. The van der Waals surface area contributed by atoms with Crippen molar-refractivity contribution in [1.29, 1.82) is 0 Å². The van der Waals surface area contributed by atoms with E-state index in [2.05, 4.69) is 25.8 Å². The van der Waals surface area contributed by atoms with Crippen LogP contribution in [0.4, 0.5) is 5.69 Å². The van der Waals surface area contributed by atoms with E-state index < -0.39 is 0 Å². The third-order valence-electron chi connectivity index (χ3n) is 2.17. The van der Waals surface area contributed by atoms with Crippen LogP contribution in [-0.2, 0) is 6.42 Å².